The van der Waals surface area contributed by atoms with Gasteiger partial charge in [-0.15, -0.1) is 0 Å². The van der Waals surface area contributed by atoms with Gasteiger partial charge in [0.05, 0.1) is 18.0 Å². The summed E-state index contributed by atoms with van der Waals surface area (Å²) in [6, 6.07) is 17.9. The Hall–Kier alpha value is -2.34. The number of hydrogen-bond acceptors (Lipinski definition) is 4. The molecule has 0 amide bonds. The standard InChI is InChI=1S/C22H26ClN3O2/c1-16(14-27)25(3)13-18-9-11-20(12-10-18)28-15-21-17(2)24-26(22(21)23)19-7-5-4-6-8-19/h4-12,16,27H,13-15H2,1-3H3/t16-/m1/s1. The van der Waals surface area contributed by atoms with Crippen LogP contribution in [0.15, 0.2) is 54.6 Å². The van der Waals surface area contributed by atoms with Crippen LogP contribution < -0.4 is 4.74 Å². The van der Waals surface area contributed by atoms with Gasteiger partial charge in [-0.2, -0.15) is 5.10 Å². The molecule has 0 saturated heterocycles. The molecule has 28 heavy (non-hydrogen) atoms. The molecule has 2 aromatic carbocycles. The summed E-state index contributed by atoms with van der Waals surface area (Å²) in [5.74, 6) is 0.782. The lowest BCUT2D eigenvalue weighted by Gasteiger charge is -2.22. The van der Waals surface area contributed by atoms with Gasteiger partial charge >= 0.3 is 0 Å². The van der Waals surface area contributed by atoms with Crippen molar-refractivity contribution in [1.82, 2.24) is 14.7 Å². The smallest absolute Gasteiger partial charge is 0.139 e. The summed E-state index contributed by atoms with van der Waals surface area (Å²) in [5, 5.41) is 14.4. The van der Waals surface area contributed by atoms with Gasteiger partial charge in [0.15, 0.2) is 0 Å². The van der Waals surface area contributed by atoms with Crippen LogP contribution in [0.1, 0.15) is 23.7 Å². The Labute approximate surface area is 171 Å². The summed E-state index contributed by atoms with van der Waals surface area (Å²) >= 11 is 6.55. The van der Waals surface area contributed by atoms with E-state index in [1.165, 1.54) is 5.56 Å². The van der Waals surface area contributed by atoms with Crippen molar-refractivity contribution in [2.24, 2.45) is 0 Å². The SMILES string of the molecule is Cc1nn(-c2ccccc2)c(Cl)c1COc1ccc(CN(C)[C@H](C)CO)cc1. The molecule has 0 aliphatic rings. The van der Waals surface area contributed by atoms with E-state index in [1.807, 2.05) is 75.5 Å². The Bertz CT molecular complexity index is 894. The third-order valence-electron chi connectivity index (χ3n) is 4.88. The van der Waals surface area contributed by atoms with E-state index in [4.69, 9.17) is 16.3 Å². The van der Waals surface area contributed by atoms with Crippen molar-refractivity contribution in [3.63, 3.8) is 0 Å². The van der Waals surface area contributed by atoms with Gasteiger partial charge in [0.2, 0.25) is 0 Å². The summed E-state index contributed by atoms with van der Waals surface area (Å²) in [6.45, 7) is 5.22. The molecule has 148 valence electrons. The first-order chi connectivity index (χ1) is 13.5. The number of likely N-dealkylation sites (N-methyl/N-ethyl adjacent to an activating group) is 1. The van der Waals surface area contributed by atoms with Gasteiger partial charge < -0.3 is 9.84 Å². The van der Waals surface area contributed by atoms with Crippen LogP contribution in [0.3, 0.4) is 0 Å². The summed E-state index contributed by atoms with van der Waals surface area (Å²) in [4.78, 5) is 2.11. The van der Waals surface area contributed by atoms with Crippen molar-refractivity contribution in [3.05, 3.63) is 76.6 Å². The van der Waals surface area contributed by atoms with Crippen molar-refractivity contribution in [3.8, 4) is 11.4 Å². The first kappa shape index (κ1) is 20.4. The van der Waals surface area contributed by atoms with Gasteiger partial charge in [0.1, 0.15) is 17.5 Å². The minimum Gasteiger partial charge on any atom is -0.489 e. The summed E-state index contributed by atoms with van der Waals surface area (Å²) in [6.07, 6.45) is 0. The third kappa shape index (κ3) is 4.73. The molecular weight excluding hydrogens is 374 g/mol. The van der Waals surface area contributed by atoms with Crippen LogP contribution in [0.2, 0.25) is 5.15 Å². The summed E-state index contributed by atoms with van der Waals surface area (Å²) in [5.41, 5.74) is 3.82. The molecule has 5 nitrogen and oxygen atoms in total. The maximum atomic E-state index is 9.25. The van der Waals surface area contributed by atoms with Gasteiger partial charge in [-0.3, -0.25) is 4.90 Å². The van der Waals surface area contributed by atoms with Gasteiger partial charge in [-0.25, -0.2) is 4.68 Å². The lowest BCUT2D eigenvalue weighted by atomic mass is 10.2. The highest BCUT2D eigenvalue weighted by atomic mass is 35.5. The fraction of sp³-hybridized carbons (Fsp3) is 0.318. The van der Waals surface area contributed by atoms with Gasteiger partial charge in [0.25, 0.3) is 0 Å². The number of aromatic nitrogens is 2. The predicted octanol–water partition coefficient (Wildman–Crippen LogP) is 4.23. The van der Waals surface area contributed by atoms with Crippen LogP contribution in [-0.4, -0.2) is 39.5 Å². The summed E-state index contributed by atoms with van der Waals surface area (Å²) in [7, 11) is 2.00. The molecule has 1 atom stereocenters. The molecular formula is C22H26ClN3O2. The van der Waals surface area contributed by atoms with Gasteiger partial charge in [-0.05, 0) is 50.7 Å². The highest BCUT2D eigenvalue weighted by molar-refractivity contribution is 6.30. The third-order valence-corrected chi connectivity index (χ3v) is 5.27. The highest BCUT2D eigenvalue weighted by Gasteiger charge is 2.15. The Morgan fingerprint density at radius 1 is 1.14 bits per heavy atom. The molecule has 0 radical (unpaired) electrons. The van der Waals surface area contributed by atoms with E-state index in [-0.39, 0.29) is 12.6 Å². The average molecular weight is 400 g/mol. The number of aryl methyl sites for hydroxylation is 1. The van der Waals surface area contributed by atoms with Crippen molar-refractivity contribution in [2.75, 3.05) is 13.7 Å². The van der Waals surface area contributed by atoms with Crippen molar-refractivity contribution < 1.29 is 9.84 Å². The minimum absolute atomic E-state index is 0.127. The number of para-hydroxylation sites is 1. The Morgan fingerprint density at radius 2 is 1.82 bits per heavy atom. The Balaban J connectivity index is 1.65. The summed E-state index contributed by atoms with van der Waals surface area (Å²) < 4.78 is 7.67. The van der Waals surface area contributed by atoms with Crippen molar-refractivity contribution >= 4 is 11.6 Å². The molecule has 0 fully saturated rings. The second kappa shape index (κ2) is 9.24. The first-order valence-electron chi connectivity index (χ1n) is 9.32. The van der Waals surface area contributed by atoms with Crippen molar-refractivity contribution in [1.29, 1.82) is 0 Å². The maximum absolute atomic E-state index is 9.25. The van der Waals surface area contributed by atoms with E-state index >= 15 is 0 Å². The molecule has 6 heteroatoms. The fourth-order valence-electron chi connectivity index (χ4n) is 2.87. The second-order valence-corrected chi connectivity index (χ2v) is 7.34. The van der Waals surface area contributed by atoms with E-state index in [0.717, 1.165) is 29.2 Å². The molecule has 0 spiro atoms. The average Bonchev–Trinajstić information content (AvgIpc) is 3.01. The molecule has 0 bridgehead atoms. The largest absolute Gasteiger partial charge is 0.489 e. The molecule has 3 aromatic rings. The number of halogens is 1. The van der Waals surface area contributed by atoms with Crippen LogP contribution in [-0.2, 0) is 13.2 Å². The number of aliphatic hydroxyl groups excluding tert-OH is 1. The lowest BCUT2D eigenvalue weighted by Crippen LogP contribution is -2.31. The topological polar surface area (TPSA) is 50.5 Å². The molecule has 1 N–H and O–H groups in total. The molecule has 3 rings (SSSR count). The number of nitrogens with zero attached hydrogens (tertiary/aromatic N) is 3. The van der Waals surface area contributed by atoms with Crippen LogP contribution >= 0.6 is 11.6 Å². The number of rotatable bonds is 8. The molecule has 1 aromatic heterocycles. The van der Waals surface area contributed by atoms with E-state index < -0.39 is 0 Å². The maximum Gasteiger partial charge on any atom is 0.139 e. The Morgan fingerprint density at radius 3 is 2.46 bits per heavy atom. The van der Waals surface area contributed by atoms with E-state index in [1.54, 1.807) is 4.68 Å². The monoisotopic (exact) mass is 399 g/mol. The molecule has 0 unspecified atom stereocenters. The predicted molar refractivity (Wildman–Crippen MR) is 112 cm³/mol. The molecule has 0 aliphatic heterocycles. The number of ether oxygens (including phenoxy) is 1. The second-order valence-electron chi connectivity index (χ2n) is 6.98. The van der Waals surface area contributed by atoms with E-state index in [9.17, 15) is 5.11 Å². The van der Waals surface area contributed by atoms with E-state index in [2.05, 4.69) is 10.00 Å². The fourth-order valence-corrected chi connectivity index (χ4v) is 3.19. The normalized spacial score (nSPS) is 12.4. The quantitative estimate of drug-likeness (QED) is 0.616. The molecule has 1 heterocycles. The van der Waals surface area contributed by atoms with Crippen LogP contribution in [0.25, 0.3) is 5.69 Å². The van der Waals surface area contributed by atoms with Crippen LogP contribution in [0.5, 0.6) is 5.75 Å². The van der Waals surface area contributed by atoms with Crippen molar-refractivity contribution in [2.45, 2.75) is 33.0 Å². The zero-order chi connectivity index (χ0) is 20.1. The zero-order valence-corrected chi connectivity index (χ0v) is 17.2. The molecule has 0 aliphatic carbocycles. The number of benzene rings is 2. The lowest BCUT2D eigenvalue weighted by molar-refractivity contribution is 0.154. The molecule has 0 saturated carbocycles. The zero-order valence-electron chi connectivity index (χ0n) is 16.5. The first-order valence-corrected chi connectivity index (χ1v) is 9.69. The van der Waals surface area contributed by atoms with Gasteiger partial charge in [-0.1, -0.05) is 41.9 Å². The number of aliphatic hydroxyl groups is 1. The van der Waals surface area contributed by atoms with Crippen LogP contribution in [0.4, 0.5) is 0 Å². The Kier molecular flexibility index (Phi) is 6.73. The number of hydrogen-bond donors (Lipinski definition) is 1. The highest BCUT2D eigenvalue weighted by Crippen LogP contribution is 2.25. The van der Waals surface area contributed by atoms with E-state index in [0.29, 0.717) is 11.8 Å². The van der Waals surface area contributed by atoms with Crippen LogP contribution in [0, 0.1) is 6.92 Å². The van der Waals surface area contributed by atoms with Gasteiger partial charge in [0, 0.05) is 18.2 Å². The minimum atomic E-state index is 0.127.